The SMILES string of the molecule is CCC(=O)N(Cl)S(=O)(=O)c1ccccc1NC(=O)Cc1ccc(Br)c(Oc2cc(Cl)cc(C#N)c2)c1F. The van der Waals surface area contributed by atoms with Crippen LogP contribution < -0.4 is 10.1 Å². The van der Waals surface area contributed by atoms with Crippen LogP contribution in [0.4, 0.5) is 10.1 Å². The van der Waals surface area contributed by atoms with E-state index in [1.165, 1.54) is 61.5 Å². The molecule has 3 aromatic carbocycles. The van der Waals surface area contributed by atoms with Gasteiger partial charge < -0.3 is 10.1 Å². The summed E-state index contributed by atoms with van der Waals surface area (Å²) in [6.45, 7) is 1.44. The maximum absolute atomic E-state index is 15.3. The molecule has 0 heterocycles. The van der Waals surface area contributed by atoms with Gasteiger partial charge in [0.05, 0.1) is 28.2 Å². The fraction of sp³-hybridized carbons (Fsp3) is 0.125. The van der Waals surface area contributed by atoms with Crippen molar-refractivity contribution in [3.63, 3.8) is 0 Å². The Balaban J connectivity index is 1.86. The van der Waals surface area contributed by atoms with Crippen LogP contribution in [0, 0.1) is 17.1 Å². The van der Waals surface area contributed by atoms with E-state index in [4.69, 9.17) is 33.4 Å². The molecule has 0 fully saturated rings. The van der Waals surface area contributed by atoms with Gasteiger partial charge in [0, 0.05) is 28.8 Å². The maximum Gasteiger partial charge on any atom is 0.282 e. The van der Waals surface area contributed by atoms with Crippen LogP contribution in [0.25, 0.3) is 0 Å². The molecule has 0 unspecified atom stereocenters. The van der Waals surface area contributed by atoms with Crippen LogP contribution in [0.5, 0.6) is 11.5 Å². The minimum absolute atomic E-state index is 0.0568. The molecule has 3 rings (SSSR count). The lowest BCUT2D eigenvalue weighted by molar-refractivity contribution is -0.123. The van der Waals surface area contributed by atoms with Crippen molar-refractivity contribution in [2.45, 2.75) is 24.7 Å². The number of carbonyl (C=O) groups excluding carboxylic acids is 2. The topological polar surface area (TPSA) is 117 Å². The van der Waals surface area contributed by atoms with Gasteiger partial charge >= 0.3 is 0 Å². The summed E-state index contributed by atoms with van der Waals surface area (Å²) in [5.74, 6) is -2.59. The number of para-hydroxylation sites is 1. The molecular weight excluding hydrogens is 612 g/mol. The molecule has 0 saturated heterocycles. The number of nitriles is 1. The van der Waals surface area contributed by atoms with Crippen LogP contribution in [0.15, 0.2) is 64.0 Å². The molecule has 1 N–H and O–H groups in total. The van der Waals surface area contributed by atoms with Crippen molar-refractivity contribution in [3.8, 4) is 17.6 Å². The van der Waals surface area contributed by atoms with Crippen molar-refractivity contribution >= 4 is 66.8 Å². The van der Waals surface area contributed by atoms with Gasteiger partial charge in [-0.2, -0.15) is 13.7 Å². The van der Waals surface area contributed by atoms with E-state index < -0.39 is 39.0 Å². The van der Waals surface area contributed by atoms with Gasteiger partial charge in [-0.05, 0) is 52.3 Å². The van der Waals surface area contributed by atoms with Gasteiger partial charge in [-0.15, -0.1) is 3.82 Å². The Hall–Kier alpha value is -3.17. The number of ether oxygens (including phenoxy) is 1. The summed E-state index contributed by atoms with van der Waals surface area (Å²) in [6.07, 6.45) is -0.640. The van der Waals surface area contributed by atoms with Gasteiger partial charge in [0.25, 0.3) is 15.9 Å². The highest BCUT2D eigenvalue weighted by Crippen LogP contribution is 2.36. The lowest BCUT2D eigenvalue weighted by Crippen LogP contribution is -2.29. The van der Waals surface area contributed by atoms with E-state index in [1.54, 1.807) is 0 Å². The second-order valence-electron chi connectivity index (χ2n) is 7.43. The predicted octanol–water partition coefficient (Wildman–Crippen LogP) is 6.17. The van der Waals surface area contributed by atoms with E-state index in [9.17, 15) is 18.0 Å². The Kier molecular flexibility index (Phi) is 9.15. The van der Waals surface area contributed by atoms with Crippen LogP contribution in [-0.4, -0.2) is 24.1 Å². The summed E-state index contributed by atoms with van der Waals surface area (Å²) < 4.78 is 46.8. The van der Waals surface area contributed by atoms with E-state index >= 15 is 4.39 Å². The van der Waals surface area contributed by atoms with Gasteiger partial charge in [0.15, 0.2) is 11.6 Å². The molecule has 0 aliphatic rings. The monoisotopic (exact) mass is 627 g/mol. The second-order valence-corrected chi connectivity index (χ2v) is 11.0. The standard InChI is InChI=1S/C24H17BrCl2FN3O5S/c1-2-22(33)31(27)37(34,35)20-6-4-3-5-19(20)30-21(32)11-15-7-8-18(25)24(23(15)28)36-17-10-14(13-29)9-16(26)12-17/h3-10,12H,2,11H2,1H3,(H,30,32). The molecule has 192 valence electrons. The molecular formula is C24H17BrCl2FN3O5S. The molecule has 37 heavy (non-hydrogen) atoms. The number of rotatable bonds is 8. The highest BCUT2D eigenvalue weighted by atomic mass is 79.9. The Morgan fingerprint density at radius 2 is 1.89 bits per heavy atom. The Morgan fingerprint density at radius 1 is 1.19 bits per heavy atom. The largest absolute Gasteiger partial charge is 0.453 e. The number of nitrogens with zero attached hydrogens (tertiary/aromatic N) is 2. The number of nitrogens with one attached hydrogen (secondary N) is 1. The number of benzene rings is 3. The molecule has 8 nitrogen and oxygen atoms in total. The zero-order chi connectivity index (χ0) is 27.3. The highest BCUT2D eigenvalue weighted by Gasteiger charge is 2.30. The van der Waals surface area contributed by atoms with Crippen LogP contribution in [-0.2, 0) is 26.0 Å². The molecule has 0 aromatic heterocycles. The number of hydrogen-bond acceptors (Lipinski definition) is 6. The molecule has 2 amide bonds. The first-order valence-electron chi connectivity index (χ1n) is 10.5. The number of anilines is 1. The average molecular weight is 629 g/mol. The van der Waals surface area contributed by atoms with E-state index in [-0.39, 0.29) is 48.1 Å². The number of halogens is 4. The quantitative estimate of drug-likeness (QED) is 0.298. The Bertz CT molecular complexity index is 1530. The van der Waals surface area contributed by atoms with Gasteiger partial charge in [-0.25, -0.2) is 4.39 Å². The fourth-order valence-corrected chi connectivity index (χ4v) is 5.29. The van der Waals surface area contributed by atoms with Crippen LogP contribution in [0.1, 0.15) is 24.5 Å². The Morgan fingerprint density at radius 3 is 2.57 bits per heavy atom. The average Bonchev–Trinajstić information content (AvgIpc) is 2.87. The molecule has 0 aliphatic heterocycles. The van der Waals surface area contributed by atoms with E-state index in [2.05, 4.69) is 21.2 Å². The first kappa shape index (κ1) is 28.4. The number of sulfonamides is 1. The minimum Gasteiger partial charge on any atom is -0.453 e. The number of amides is 2. The second kappa shape index (κ2) is 11.9. The van der Waals surface area contributed by atoms with Crippen LogP contribution >= 0.6 is 39.3 Å². The van der Waals surface area contributed by atoms with Gasteiger partial charge in [0.2, 0.25) is 5.91 Å². The normalized spacial score (nSPS) is 10.9. The third kappa shape index (κ3) is 6.59. The molecule has 0 aliphatic carbocycles. The number of carbonyl (C=O) groups is 2. The summed E-state index contributed by atoms with van der Waals surface area (Å²) in [4.78, 5) is 24.2. The lowest BCUT2D eigenvalue weighted by Gasteiger charge is -2.17. The van der Waals surface area contributed by atoms with Crippen LogP contribution in [0.3, 0.4) is 0 Å². The highest BCUT2D eigenvalue weighted by molar-refractivity contribution is 9.10. The smallest absolute Gasteiger partial charge is 0.282 e. The predicted molar refractivity (Wildman–Crippen MR) is 139 cm³/mol. The molecule has 0 spiro atoms. The fourth-order valence-electron chi connectivity index (χ4n) is 3.11. The molecule has 13 heteroatoms. The number of hydrogen-bond donors (Lipinski definition) is 1. The zero-order valence-corrected chi connectivity index (χ0v) is 22.9. The third-order valence-electron chi connectivity index (χ3n) is 4.85. The van der Waals surface area contributed by atoms with Crippen molar-refractivity contribution in [1.82, 2.24) is 3.82 Å². The maximum atomic E-state index is 15.3. The summed E-state index contributed by atoms with van der Waals surface area (Å²) >= 11 is 14.9. The van der Waals surface area contributed by atoms with Gasteiger partial charge in [-0.3, -0.25) is 9.59 Å². The Labute approximate surface area is 230 Å². The molecule has 0 bridgehead atoms. The summed E-state index contributed by atoms with van der Waals surface area (Å²) in [6, 6.07) is 14.3. The van der Waals surface area contributed by atoms with Crippen LogP contribution in [0.2, 0.25) is 5.02 Å². The molecule has 0 radical (unpaired) electrons. The molecule has 0 saturated carbocycles. The van der Waals surface area contributed by atoms with Crippen molar-refractivity contribution in [2.75, 3.05) is 5.32 Å². The van der Waals surface area contributed by atoms with E-state index in [0.717, 1.165) is 0 Å². The van der Waals surface area contributed by atoms with Gasteiger partial charge in [0.1, 0.15) is 10.6 Å². The van der Waals surface area contributed by atoms with Crippen molar-refractivity contribution in [2.24, 2.45) is 0 Å². The van der Waals surface area contributed by atoms with Gasteiger partial charge in [-0.1, -0.05) is 36.7 Å². The third-order valence-corrected chi connectivity index (χ3v) is 7.96. The van der Waals surface area contributed by atoms with E-state index in [0.29, 0.717) is 0 Å². The first-order chi connectivity index (χ1) is 17.5. The lowest BCUT2D eigenvalue weighted by atomic mass is 10.1. The zero-order valence-electron chi connectivity index (χ0n) is 19.0. The summed E-state index contributed by atoms with van der Waals surface area (Å²) in [5, 5.41) is 11.7. The van der Waals surface area contributed by atoms with E-state index in [1.807, 2.05) is 6.07 Å². The summed E-state index contributed by atoms with van der Waals surface area (Å²) in [7, 11) is -4.46. The van der Waals surface area contributed by atoms with Crippen molar-refractivity contribution in [1.29, 1.82) is 5.26 Å². The van der Waals surface area contributed by atoms with Crippen molar-refractivity contribution < 1.29 is 27.1 Å². The summed E-state index contributed by atoms with van der Waals surface area (Å²) in [5.41, 5.74) is 0.0111. The van der Waals surface area contributed by atoms with Crippen molar-refractivity contribution in [3.05, 3.63) is 81.0 Å². The molecule has 3 aromatic rings. The first-order valence-corrected chi connectivity index (χ1v) is 13.4. The minimum atomic E-state index is -4.46. The molecule has 0 atom stereocenters.